The molecule has 0 saturated heterocycles. The maximum Gasteiger partial charge on any atom is 0.226 e. The van der Waals surface area contributed by atoms with E-state index in [1.54, 1.807) is 0 Å². The summed E-state index contributed by atoms with van der Waals surface area (Å²) >= 11 is 1.36. The van der Waals surface area contributed by atoms with Gasteiger partial charge in [0, 0.05) is 5.75 Å². The second kappa shape index (κ2) is 11.7. The lowest BCUT2D eigenvalue weighted by molar-refractivity contribution is -0.112. The zero-order valence-corrected chi connectivity index (χ0v) is 18.1. The molecule has 0 N–H and O–H groups in total. The molecule has 0 aliphatic heterocycles. The van der Waals surface area contributed by atoms with E-state index in [4.69, 9.17) is 9.16 Å². The van der Waals surface area contributed by atoms with Crippen LogP contribution >= 0.6 is 11.8 Å². The third kappa shape index (κ3) is 9.44. The third-order valence-electron chi connectivity index (χ3n) is 4.10. The van der Waals surface area contributed by atoms with Gasteiger partial charge in [0.15, 0.2) is 14.9 Å². The van der Waals surface area contributed by atoms with E-state index >= 15 is 0 Å². The number of thioether (sulfide) groups is 1. The minimum absolute atomic E-state index is 0.0840. The number of para-hydroxylation sites is 1. The second-order valence-electron chi connectivity index (χ2n) is 6.62. The van der Waals surface area contributed by atoms with E-state index < -0.39 is 8.32 Å². The number of nitrogens with zero attached hydrogens (tertiary/aromatic N) is 1. The molecule has 4 nitrogen and oxygen atoms in total. The molecule has 0 aliphatic rings. The first-order valence-corrected chi connectivity index (χ1v) is 13.2. The number of carbonyl (C=O) groups excluding carboxylic acids is 1. The number of hydrogen-bond donors (Lipinski definition) is 0. The van der Waals surface area contributed by atoms with E-state index in [0.717, 1.165) is 37.1 Å². The molecule has 0 amide bonds. The fraction of sp³-hybridized carbons (Fsp3) is 0.632. The largest absolute Gasteiger partial charge is 0.485 e. The van der Waals surface area contributed by atoms with E-state index in [9.17, 15) is 4.79 Å². The van der Waals surface area contributed by atoms with Gasteiger partial charge in [-0.3, -0.25) is 9.69 Å². The minimum Gasteiger partial charge on any atom is -0.485 e. The number of rotatable bonds is 12. The molecule has 0 spiro atoms. The summed E-state index contributed by atoms with van der Waals surface area (Å²) in [5.74, 6) is 1.57. The lowest BCUT2D eigenvalue weighted by Gasteiger charge is -2.33. The van der Waals surface area contributed by atoms with Crippen LogP contribution in [-0.2, 0) is 9.22 Å². The van der Waals surface area contributed by atoms with Gasteiger partial charge in [0.1, 0.15) is 5.75 Å². The van der Waals surface area contributed by atoms with Crippen molar-refractivity contribution in [2.24, 2.45) is 0 Å². The van der Waals surface area contributed by atoms with Gasteiger partial charge in [-0.2, -0.15) is 0 Å². The molecule has 6 heteroatoms. The summed E-state index contributed by atoms with van der Waals surface area (Å²) in [6.45, 7) is 13.1. The Morgan fingerprint density at radius 1 is 1.20 bits per heavy atom. The monoisotopic (exact) mass is 383 g/mol. The molecule has 0 bridgehead atoms. The van der Waals surface area contributed by atoms with Gasteiger partial charge < -0.3 is 9.16 Å². The number of hydrogen-bond acceptors (Lipinski definition) is 5. The summed E-state index contributed by atoms with van der Waals surface area (Å²) in [5, 5.41) is 0.0840. The molecule has 1 aromatic rings. The van der Waals surface area contributed by atoms with Crippen LogP contribution in [0.3, 0.4) is 0 Å². The van der Waals surface area contributed by atoms with E-state index in [1.165, 1.54) is 11.8 Å². The lowest BCUT2D eigenvalue weighted by Crippen LogP contribution is -2.43. The predicted molar refractivity (Wildman–Crippen MR) is 110 cm³/mol. The molecule has 1 atom stereocenters. The van der Waals surface area contributed by atoms with Crippen LogP contribution in [0.15, 0.2) is 30.3 Å². The van der Waals surface area contributed by atoms with Gasteiger partial charge in [0.25, 0.3) is 0 Å². The maximum absolute atomic E-state index is 11.9. The van der Waals surface area contributed by atoms with E-state index in [1.807, 2.05) is 30.3 Å². The topological polar surface area (TPSA) is 38.8 Å². The highest BCUT2D eigenvalue weighted by Gasteiger charge is 2.26. The van der Waals surface area contributed by atoms with Gasteiger partial charge in [-0.05, 0) is 57.7 Å². The van der Waals surface area contributed by atoms with Crippen molar-refractivity contribution in [2.75, 3.05) is 25.4 Å². The lowest BCUT2D eigenvalue weighted by atomic mass is 10.3. The van der Waals surface area contributed by atoms with Crippen LogP contribution in [0.25, 0.3) is 0 Å². The summed E-state index contributed by atoms with van der Waals surface area (Å²) in [7, 11) is -1.70. The van der Waals surface area contributed by atoms with E-state index in [2.05, 4.69) is 38.8 Å². The highest BCUT2D eigenvalue weighted by Crippen LogP contribution is 2.20. The average Bonchev–Trinajstić information content (AvgIpc) is 2.58. The summed E-state index contributed by atoms with van der Waals surface area (Å²) in [6, 6.07) is 10.5. The molecule has 0 aliphatic carbocycles. The van der Waals surface area contributed by atoms with Crippen molar-refractivity contribution in [3.63, 3.8) is 0 Å². The smallest absolute Gasteiger partial charge is 0.226 e. The number of carbonyl (C=O) groups is 1. The van der Waals surface area contributed by atoms with E-state index in [-0.39, 0.29) is 18.0 Å². The van der Waals surface area contributed by atoms with Gasteiger partial charge >= 0.3 is 0 Å². The summed E-state index contributed by atoms with van der Waals surface area (Å²) in [4.78, 5) is 14.2. The Balaban J connectivity index is 2.21. The van der Waals surface area contributed by atoms with Crippen LogP contribution in [0.4, 0.5) is 0 Å². The van der Waals surface area contributed by atoms with Crippen molar-refractivity contribution in [3.05, 3.63) is 30.3 Å². The summed E-state index contributed by atoms with van der Waals surface area (Å²) in [5.41, 5.74) is 0. The Hall–Kier alpha value is -0.823. The van der Waals surface area contributed by atoms with Crippen LogP contribution in [-0.4, -0.2) is 50.0 Å². The van der Waals surface area contributed by atoms with Crippen LogP contribution < -0.4 is 4.74 Å². The molecular weight excluding hydrogens is 350 g/mol. The van der Waals surface area contributed by atoms with Crippen molar-refractivity contribution in [3.8, 4) is 5.75 Å². The Kier molecular flexibility index (Phi) is 10.4. The van der Waals surface area contributed by atoms with Crippen molar-refractivity contribution in [1.82, 2.24) is 4.90 Å². The Morgan fingerprint density at radius 3 is 2.44 bits per heavy atom. The van der Waals surface area contributed by atoms with Gasteiger partial charge in [-0.25, -0.2) is 0 Å². The molecule has 1 aromatic carbocycles. The van der Waals surface area contributed by atoms with E-state index in [0.29, 0.717) is 0 Å². The predicted octanol–water partition coefficient (Wildman–Crippen LogP) is 4.62. The molecule has 0 fully saturated rings. The van der Waals surface area contributed by atoms with Crippen LogP contribution in [0, 0.1) is 0 Å². The molecule has 0 heterocycles. The SMILES string of the molecule is CCN(CC)C(C)O[Si](C)(C)CCCSC(=O)COc1ccccc1. The maximum atomic E-state index is 11.9. The van der Waals surface area contributed by atoms with Crippen molar-refractivity contribution >= 4 is 25.2 Å². The quantitative estimate of drug-likeness (QED) is 0.299. The highest BCUT2D eigenvalue weighted by molar-refractivity contribution is 8.13. The zero-order chi connectivity index (χ0) is 18.7. The van der Waals surface area contributed by atoms with Crippen molar-refractivity contribution < 1.29 is 14.0 Å². The first-order valence-electron chi connectivity index (χ1n) is 9.13. The fourth-order valence-corrected chi connectivity index (χ4v) is 5.85. The van der Waals surface area contributed by atoms with Crippen LogP contribution in [0.5, 0.6) is 5.75 Å². The molecule has 0 aromatic heterocycles. The van der Waals surface area contributed by atoms with Gasteiger partial charge in [-0.1, -0.05) is 43.8 Å². The van der Waals surface area contributed by atoms with Crippen molar-refractivity contribution in [2.45, 2.75) is 52.6 Å². The molecule has 0 radical (unpaired) electrons. The number of ether oxygens (including phenoxy) is 1. The minimum atomic E-state index is -1.70. The van der Waals surface area contributed by atoms with Crippen LogP contribution in [0.2, 0.25) is 19.1 Å². The summed E-state index contributed by atoms with van der Waals surface area (Å²) < 4.78 is 11.8. The Bertz CT molecular complexity index is 495. The normalized spacial score (nSPS) is 13.0. The molecule has 25 heavy (non-hydrogen) atoms. The molecule has 0 saturated carbocycles. The summed E-state index contributed by atoms with van der Waals surface area (Å²) in [6.07, 6.45) is 1.18. The standard InChI is InChI=1S/C19H33NO3SSi/c1-6-20(7-2)17(3)23-25(4,5)15-11-14-24-19(21)16-22-18-12-9-8-10-13-18/h8-10,12-13,17H,6-7,11,14-16H2,1-5H3. The molecule has 142 valence electrons. The Labute approximate surface area is 158 Å². The second-order valence-corrected chi connectivity index (χ2v) is 12.0. The Morgan fingerprint density at radius 2 is 1.84 bits per heavy atom. The highest BCUT2D eigenvalue weighted by atomic mass is 32.2. The zero-order valence-electron chi connectivity index (χ0n) is 16.3. The first kappa shape index (κ1) is 22.2. The average molecular weight is 384 g/mol. The van der Waals surface area contributed by atoms with Gasteiger partial charge in [0.2, 0.25) is 5.12 Å². The van der Waals surface area contributed by atoms with Gasteiger partial charge in [0.05, 0.1) is 6.23 Å². The first-order chi connectivity index (χ1) is 11.9. The number of benzene rings is 1. The fourth-order valence-electron chi connectivity index (χ4n) is 2.72. The molecule has 1 rings (SSSR count). The van der Waals surface area contributed by atoms with Crippen LogP contribution in [0.1, 0.15) is 27.2 Å². The van der Waals surface area contributed by atoms with Gasteiger partial charge in [-0.15, -0.1) is 0 Å². The molecular formula is C19H33NO3SSi. The van der Waals surface area contributed by atoms with Crippen molar-refractivity contribution in [1.29, 1.82) is 0 Å². The third-order valence-corrected chi connectivity index (χ3v) is 7.57. The molecule has 1 unspecified atom stereocenters.